The van der Waals surface area contributed by atoms with E-state index in [9.17, 15) is 10.1 Å². The lowest BCUT2D eigenvalue weighted by Gasteiger charge is -2.26. The molecule has 1 aliphatic heterocycles. The van der Waals surface area contributed by atoms with Crippen LogP contribution < -0.4 is 10.2 Å². The van der Waals surface area contributed by atoms with Gasteiger partial charge in [-0.3, -0.25) is 10.1 Å². The number of benzene rings is 1. The normalized spacial score (nSPS) is 15.3. The van der Waals surface area contributed by atoms with Gasteiger partial charge in [-0.25, -0.2) is 4.98 Å². The maximum absolute atomic E-state index is 10.8. The Bertz CT molecular complexity index is 622. The molecule has 1 fully saturated rings. The second kappa shape index (κ2) is 5.56. The van der Waals surface area contributed by atoms with Crippen LogP contribution in [0.4, 0.5) is 10.8 Å². The molecule has 0 radical (unpaired) electrons. The number of hydrogen-bond acceptors (Lipinski definition) is 6. The van der Waals surface area contributed by atoms with Crippen molar-refractivity contribution in [3.63, 3.8) is 0 Å². The molecule has 0 amide bonds. The highest BCUT2D eigenvalue weighted by Crippen LogP contribution is 2.29. The van der Waals surface area contributed by atoms with Gasteiger partial charge in [0.15, 0.2) is 5.13 Å². The summed E-state index contributed by atoms with van der Waals surface area (Å²) >= 11 is 1.58. The number of nitro benzene ring substituents is 1. The predicted octanol–water partition coefficient (Wildman–Crippen LogP) is 2.13. The third-order valence-electron chi connectivity index (χ3n) is 3.23. The molecule has 0 saturated carbocycles. The van der Waals surface area contributed by atoms with E-state index < -0.39 is 0 Å². The Labute approximate surface area is 120 Å². The average molecular weight is 290 g/mol. The highest BCUT2D eigenvalue weighted by atomic mass is 32.1. The molecule has 0 spiro atoms. The van der Waals surface area contributed by atoms with Crippen molar-refractivity contribution in [2.45, 2.75) is 0 Å². The van der Waals surface area contributed by atoms with Crippen LogP contribution in [0.3, 0.4) is 0 Å². The highest BCUT2D eigenvalue weighted by Gasteiger charge is 2.15. The molecule has 6 nitrogen and oxygen atoms in total. The summed E-state index contributed by atoms with van der Waals surface area (Å²) < 4.78 is 0. The topological polar surface area (TPSA) is 71.3 Å². The number of nitrogens with one attached hydrogen (secondary N) is 1. The predicted molar refractivity (Wildman–Crippen MR) is 79.3 cm³/mol. The van der Waals surface area contributed by atoms with E-state index in [0.29, 0.717) is 0 Å². The zero-order valence-electron chi connectivity index (χ0n) is 10.8. The van der Waals surface area contributed by atoms with Gasteiger partial charge in [0, 0.05) is 49.3 Å². The first kappa shape index (κ1) is 13.0. The van der Waals surface area contributed by atoms with Gasteiger partial charge in [0.2, 0.25) is 0 Å². The average Bonchev–Trinajstić information content (AvgIpc) is 2.98. The second-order valence-corrected chi connectivity index (χ2v) is 5.40. The standard InChI is InChI=1S/C13H14N4O2S/c18-17(19)11-3-1-2-10(8-11)12-9-20-13(15-12)16-6-4-14-5-7-16/h1-3,8-9,14H,4-7H2. The molecule has 20 heavy (non-hydrogen) atoms. The zero-order valence-corrected chi connectivity index (χ0v) is 11.6. The first-order valence-corrected chi connectivity index (χ1v) is 7.28. The Morgan fingerprint density at radius 3 is 2.90 bits per heavy atom. The van der Waals surface area contributed by atoms with Gasteiger partial charge in [-0.2, -0.15) is 0 Å². The molecule has 1 N–H and O–H groups in total. The zero-order chi connectivity index (χ0) is 13.9. The van der Waals surface area contributed by atoms with Crippen molar-refractivity contribution >= 4 is 22.2 Å². The molecule has 2 aromatic rings. The molecule has 3 rings (SSSR count). The van der Waals surface area contributed by atoms with Gasteiger partial charge in [0.05, 0.1) is 10.6 Å². The second-order valence-electron chi connectivity index (χ2n) is 4.56. The monoisotopic (exact) mass is 290 g/mol. The number of nitro groups is 1. The third-order valence-corrected chi connectivity index (χ3v) is 4.13. The molecule has 0 unspecified atom stereocenters. The van der Waals surface area contributed by atoms with E-state index in [1.54, 1.807) is 23.5 Å². The van der Waals surface area contributed by atoms with Crippen molar-refractivity contribution in [1.82, 2.24) is 10.3 Å². The molecule has 0 bridgehead atoms. The molecule has 0 aliphatic carbocycles. The first-order valence-electron chi connectivity index (χ1n) is 6.40. The van der Waals surface area contributed by atoms with Crippen LogP contribution in [0, 0.1) is 10.1 Å². The summed E-state index contributed by atoms with van der Waals surface area (Å²) in [5.74, 6) is 0. The summed E-state index contributed by atoms with van der Waals surface area (Å²) in [5.41, 5.74) is 1.68. The molecular weight excluding hydrogens is 276 g/mol. The number of thiazole rings is 1. The van der Waals surface area contributed by atoms with Gasteiger partial charge in [-0.15, -0.1) is 11.3 Å². The summed E-state index contributed by atoms with van der Waals surface area (Å²) in [4.78, 5) is 17.3. The van der Waals surface area contributed by atoms with Crippen molar-refractivity contribution in [2.24, 2.45) is 0 Å². The van der Waals surface area contributed by atoms with Crippen molar-refractivity contribution in [1.29, 1.82) is 0 Å². The van der Waals surface area contributed by atoms with E-state index in [-0.39, 0.29) is 10.6 Å². The van der Waals surface area contributed by atoms with Crippen molar-refractivity contribution in [3.05, 3.63) is 39.8 Å². The van der Waals surface area contributed by atoms with Crippen LogP contribution in [0.2, 0.25) is 0 Å². The smallest absolute Gasteiger partial charge is 0.270 e. The Balaban J connectivity index is 1.85. The van der Waals surface area contributed by atoms with Crippen LogP contribution in [-0.4, -0.2) is 36.1 Å². The van der Waals surface area contributed by atoms with Gasteiger partial charge in [0.1, 0.15) is 0 Å². The fourth-order valence-electron chi connectivity index (χ4n) is 2.18. The first-order chi connectivity index (χ1) is 9.74. The highest BCUT2D eigenvalue weighted by molar-refractivity contribution is 7.14. The van der Waals surface area contributed by atoms with Crippen LogP contribution in [0.1, 0.15) is 0 Å². The minimum Gasteiger partial charge on any atom is -0.346 e. The van der Waals surface area contributed by atoms with Gasteiger partial charge in [-0.1, -0.05) is 12.1 Å². The lowest BCUT2D eigenvalue weighted by molar-refractivity contribution is -0.384. The Morgan fingerprint density at radius 1 is 1.35 bits per heavy atom. The quantitative estimate of drug-likeness (QED) is 0.692. The van der Waals surface area contributed by atoms with E-state index in [0.717, 1.165) is 42.6 Å². The van der Waals surface area contributed by atoms with Crippen LogP contribution >= 0.6 is 11.3 Å². The van der Waals surface area contributed by atoms with Crippen LogP contribution in [0.5, 0.6) is 0 Å². The molecule has 1 aromatic carbocycles. The fourth-order valence-corrected chi connectivity index (χ4v) is 3.07. The number of hydrogen-bond donors (Lipinski definition) is 1. The van der Waals surface area contributed by atoms with E-state index in [1.165, 1.54) is 6.07 Å². The van der Waals surface area contributed by atoms with E-state index in [4.69, 9.17) is 0 Å². The van der Waals surface area contributed by atoms with E-state index in [1.807, 2.05) is 11.4 Å². The van der Waals surface area contributed by atoms with Crippen molar-refractivity contribution in [2.75, 3.05) is 31.1 Å². The molecule has 7 heteroatoms. The van der Waals surface area contributed by atoms with Crippen molar-refractivity contribution < 1.29 is 4.92 Å². The molecule has 0 atom stereocenters. The molecule has 1 saturated heterocycles. The maximum Gasteiger partial charge on any atom is 0.270 e. The molecule has 104 valence electrons. The summed E-state index contributed by atoms with van der Waals surface area (Å²) in [6.45, 7) is 3.82. The van der Waals surface area contributed by atoms with Gasteiger partial charge in [0.25, 0.3) is 5.69 Å². The lowest BCUT2D eigenvalue weighted by Crippen LogP contribution is -2.43. The third kappa shape index (κ3) is 2.63. The minimum atomic E-state index is -0.382. The van der Waals surface area contributed by atoms with Crippen LogP contribution in [-0.2, 0) is 0 Å². The number of piperazine rings is 1. The Hall–Kier alpha value is -1.99. The summed E-state index contributed by atoms with van der Waals surface area (Å²) in [5, 5.41) is 17.0. The number of nitrogens with zero attached hydrogens (tertiary/aromatic N) is 3. The molecular formula is C13H14N4O2S. The summed E-state index contributed by atoms with van der Waals surface area (Å²) in [7, 11) is 0. The minimum absolute atomic E-state index is 0.0965. The van der Waals surface area contributed by atoms with Gasteiger partial charge >= 0.3 is 0 Å². The fraction of sp³-hybridized carbons (Fsp3) is 0.308. The Morgan fingerprint density at radius 2 is 2.15 bits per heavy atom. The SMILES string of the molecule is O=[N+]([O-])c1cccc(-c2csc(N3CCNCC3)n2)c1. The van der Waals surface area contributed by atoms with E-state index >= 15 is 0 Å². The number of aromatic nitrogens is 1. The van der Waals surface area contributed by atoms with Gasteiger partial charge in [-0.05, 0) is 0 Å². The molecule has 1 aromatic heterocycles. The van der Waals surface area contributed by atoms with Crippen LogP contribution in [0.15, 0.2) is 29.6 Å². The van der Waals surface area contributed by atoms with Gasteiger partial charge < -0.3 is 10.2 Å². The van der Waals surface area contributed by atoms with E-state index in [2.05, 4.69) is 15.2 Å². The van der Waals surface area contributed by atoms with Crippen LogP contribution in [0.25, 0.3) is 11.3 Å². The number of non-ortho nitro benzene ring substituents is 1. The lowest BCUT2D eigenvalue weighted by atomic mass is 10.1. The molecule has 2 heterocycles. The number of rotatable bonds is 3. The maximum atomic E-state index is 10.8. The van der Waals surface area contributed by atoms with Crippen molar-refractivity contribution in [3.8, 4) is 11.3 Å². The molecule has 1 aliphatic rings. The summed E-state index contributed by atoms with van der Waals surface area (Å²) in [6.07, 6.45) is 0. The largest absolute Gasteiger partial charge is 0.346 e. The Kier molecular flexibility index (Phi) is 3.62. The number of anilines is 1. The summed E-state index contributed by atoms with van der Waals surface area (Å²) in [6, 6.07) is 6.60.